The lowest BCUT2D eigenvalue weighted by Crippen LogP contribution is -2.28. The number of thiazole rings is 1. The van der Waals surface area contributed by atoms with Gasteiger partial charge in [0.25, 0.3) is 5.91 Å². The van der Waals surface area contributed by atoms with Crippen molar-refractivity contribution in [3.8, 4) is 22.8 Å². The van der Waals surface area contributed by atoms with E-state index in [4.69, 9.17) is 9.47 Å². The number of methoxy groups -OCH3 is 2. The average molecular weight is 447 g/mol. The van der Waals surface area contributed by atoms with E-state index in [0.717, 1.165) is 17.7 Å². The molecule has 0 atom stereocenters. The van der Waals surface area contributed by atoms with Crippen molar-refractivity contribution in [2.24, 2.45) is 0 Å². The Labute approximate surface area is 181 Å². The Hall–Kier alpha value is -3.53. The van der Waals surface area contributed by atoms with Gasteiger partial charge in [-0.3, -0.25) is 9.59 Å². The molecule has 0 saturated carbocycles. The summed E-state index contributed by atoms with van der Waals surface area (Å²) in [6.45, 7) is -0.0185. The minimum absolute atomic E-state index is 0.0185. The zero-order valence-electron chi connectivity index (χ0n) is 16.7. The van der Waals surface area contributed by atoms with Gasteiger partial charge < -0.3 is 20.1 Å². The topological polar surface area (TPSA) is 89.6 Å². The number of nitrogens with zero attached hydrogens (tertiary/aromatic N) is 1. The number of carbonyl (C=O) groups excluding carboxylic acids is 2. The van der Waals surface area contributed by atoms with E-state index in [1.807, 2.05) is 6.07 Å². The number of aromatic nitrogens is 1. The van der Waals surface area contributed by atoms with Crippen molar-refractivity contribution in [3.63, 3.8) is 0 Å². The van der Waals surface area contributed by atoms with Crippen LogP contribution in [0.25, 0.3) is 11.3 Å². The van der Waals surface area contributed by atoms with Gasteiger partial charge in [0.1, 0.15) is 11.6 Å². The van der Waals surface area contributed by atoms with Crippen molar-refractivity contribution >= 4 is 28.3 Å². The maximum atomic E-state index is 13.6. The summed E-state index contributed by atoms with van der Waals surface area (Å²) in [4.78, 5) is 28.4. The lowest BCUT2D eigenvalue weighted by Gasteiger charge is -2.08. The number of ether oxygens (including phenoxy) is 2. The summed E-state index contributed by atoms with van der Waals surface area (Å²) >= 11 is 1.25. The minimum atomic E-state index is -0.965. The van der Waals surface area contributed by atoms with E-state index in [2.05, 4.69) is 15.6 Å². The number of amides is 2. The first-order valence-corrected chi connectivity index (χ1v) is 10.00. The standard InChI is InChI=1S/C21H19F2N3O4S/c1-29-17-6-3-12(9-18(17)30-2)16-11-31-21(25-16)26-19(27)7-8-24-20(28)14-5-4-13(22)10-15(14)23/h3-6,9-11H,7-8H2,1-2H3,(H,24,28)(H,25,26,27). The lowest BCUT2D eigenvalue weighted by molar-refractivity contribution is -0.116. The van der Waals surface area contributed by atoms with Crippen LogP contribution in [0.15, 0.2) is 41.8 Å². The SMILES string of the molecule is COc1ccc(-c2csc(NC(=O)CCNC(=O)c3ccc(F)cc3F)n2)cc1OC. The first kappa shape index (κ1) is 22.2. The van der Waals surface area contributed by atoms with Gasteiger partial charge in [-0.25, -0.2) is 13.8 Å². The molecule has 0 unspecified atom stereocenters. The van der Waals surface area contributed by atoms with Gasteiger partial charge in [0.05, 0.1) is 25.5 Å². The van der Waals surface area contributed by atoms with Crippen molar-refractivity contribution in [2.45, 2.75) is 6.42 Å². The molecule has 2 amide bonds. The van der Waals surface area contributed by atoms with Crippen LogP contribution in [0, 0.1) is 11.6 Å². The zero-order valence-corrected chi connectivity index (χ0v) is 17.5. The van der Waals surface area contributed by atoms with Crippen molar-refractivity contribution in [2.75, 3.05) is 26.1 Å². The van der Waals surface area contributed by atoms with Gasteiger partial charge >= 0.3 is 0 Å². The van der Waals surface area contributed by atoms with Crippen LogP contribution in [0.4, 0.5) is 13.9 Å². The summed E-state index contributed by atoms with van der Waals surface area (Å²) in [5, 5.41) is 7.26. The molecular weight excluding hydrogens is 428 g/mol. The van der Waals surface area contributed by atoms with Crippen LogP contribution >= 0.6 is 11.3 Å². The van der Waals surface area contributed by atoms with E-state index in [0.29, 0.717) is 28.4 Å². The predicted octanol–water partition coefficient (Wildman–Crippen LogP) is 3.86. The van der Waals surface area contributed by atoms with Crippen LogP contribution in [0.2, 0.25) is 0 Å². The van der Waals surface area contributed by atoms with Crippen molar-refractivity contribution < 1.29 is 27.8 Å². The molecule has 1 heterocycles. The number of benzene rings is 2. The third-order valence-electron chi connectivity index (χ3n) is 4.24. The number of anilines is 1. The van der Waals surface area contributed by atoms with Crippen LogP contribution in [-0.2, 0) is 4.79 Å². The minimum Gasteiger partial charge on any atom is -0.493 e. The van der Waals surface area contributed by atoms with Crippen molar-refractivity contribution in [1.82, 2.24) is 10.3 Å². The smallest absolute Gasteiger partial charge is 0.254 e. The molecule has 31 heavy (non-hydrogen) atoms. The molecular formula is C21H19F2N3O4S. The van der Waals surface area contributed by atoms with E-state index in [1.54, 1.807) is 24.6 Å². The Balaban J connectivity index is 1.54. The van der Waals surface area contributed by atoms with Gasteiger partial charge in [-0.1, -0.05) is 0 Å². The predicted molar refractivity (Wildman–Crippen MR) is 113 cm³/mol. The third kappa shape index (κ3) is 5.54. The Morgan fingerprint density at radius 1 is 1.06 bits per heavy atom. The summed E-state index contributed by atoms with van der Waals surface area (Å²) < 4.78 is 37.0. The Bertz CT molecular complexity index is 1100. The van der Waals surface area contributed by atoms with Crippen LogP contribution in [0.1, 0.15) is 16.8 Å². The zero-order chi connectivity index (χ0) is 22.4. The molecule has 0 aliphatic heterocycles. The number of hydrogen-bond acceptors (Lipinski definition) is 6. The molecule has 2 aromatic carbocycles. The molecule has 10 heteroatoms. The molecule has 7 nitrogen and oxygen atoms in total. The molecule has 2 N–H and O–H groups in total. The molecule has 1 aromatic heterocycles. The first-order valence-electron chi connectivity index (χ1n) is 9.12. The van der Waals surface area contributed by atoms with E-state index < -0.39 is 17.5 Å². The van der Waals surface area contributed by atoms with Crippen molar-refractivity contribution in [3.05, 3.63) is 59.0 Å². The molecule has 3 aromatic rings. The molecule has 0 radical (unpaired) electrons. The van der Waals surface area contributed by atoms with Crippen LogP contribution < -0.4 is 20.1 Å². The molecule has 0 aliphatic rings. The van der Waals surface area contributed by atoms with Gasteiger partial charge in [0.15, 0.2) is 16.6 Å². The van der Waals surface area contributed by atoms with Gasteiger partial charge in [-0.2, -0.15) is 0 Å². The van der Waals surface area contributed by atoms with Gasteiger partial charge in [0, 0.05) is 30.0 Å². The fourth-order valence-electron chi connectivity index (χ4n) is 2.70. The Kier molecular flexibility index (Phi) is 7.14. The highest BCUT2D eigenvalue weighted by Gasteiger charge is 2.14. The lowest BCUT2D eigenvalue weighted by atomic mass is 10.1. The molecule has 0 saturated heterocycles. The second-order valence-electron chi connectivity index (χ2n) is 6.29. The number of nitrogens with one attached hydrogen (secondary N) is 2. The summed E-state index contributed by atoms with van der Waals surface area (Å²) in [6.07, 6.45) is -0.0418. The fourth-order valence-corrected chi connectivity index (χ4v) is 3.44. The number of hydrogen-bond donors (Lipinski definition) is 2. The fraction of sp³-hybridized carbons (Fsp3) is 0.190. The van der Waals surface area contributed by atoms with Gasteiger partial charge in [0.2, 0.25) is 5.91 Å². The molecule has 0 aliphatic carbocycles. The summed E-state index contributed by atoms with van der Waals surface area (Å²) in [6, 6.07) is 8.03. The molecule has 0 bridgehead atoms. The average Bonchev–Trinajstić information content (AvgIpc) is 3.21. The van der Waals surface area contributed by atoms with Gasteiger partial charge in [-0.05, 0) is 30.3 Å². The van der Waals surface area contributed by atoms with E-state index in [1.165, 1.54) is 18.4 Å². The highest BCUT2D eigenvalue weighted by Crippen LogP contribution is 2.33. The molecule has 162 valence electrons. The maximum absolute atomic E-state index is 13.6. The third-order valence-corrected chi connectivity index (χ3v) is 5.00. The Morgan fingerprint density at radius 2 is 1.84 bits per heavy atom. The van der Waals surface area contributed by atoms with Crippen LogP contribution in [-0.4, -0.2) is 37.6 Å². The molecule has 0 fully saturated rings. The second-order valence-corrected chi connectivity index (χ2v) is 7.14. The first-order chi connectivity index (χ1) is 14.9. The second kappa shape index (κ2) is 9.98. The number of carbonyl (C=O) groups is 2. The normalized spacial score (nSPS) is 10.5. The summed E-state index contributed by atoms with van der Waals surface area (Å²) in [5.41, 5.74) is 1.16. The van der Waals surface area contributed by atoms with Crippen molar-refractivity contribution in [1.29, 1.82) is 0 Å². The summed E-state index contributed by atoms with van der Waals surface area (Å²) in [5.74, 6) is -1.68. The summed E-state index contributed by atoms with van der Waals surface area (Å²) in [7, 11) is 3.09. The van der Waals surface area contributed by atoms with Gasteiger partial charge in [-0.15, -0.1) is 11.3 Å². The molecule has 0 spiro atoms. The maximum Gasteiger partial charge on any atom is 0.254 e. The largest absolute Gasteiger partial charge is 0.493 e. The molecule has 3 rings (SSSR count). The van der Waals surface area contributed by atoms with E-state index in [9.17, 15) is 18.4 Å². The van der Waals surface area contributed by atoms with E-state index >= 15 is 0 Å². The quantitative estimate of drug-likeness (QED) is 0.547. The highest BCUT2D eigenvalue weighted by molar-refractivity contribution is 7.14. The van der Waals surface area contributed by atoms with Crippen LogP contribution in [0.5, 0.6) is 11.5 Å². The number of rotatable bonds is 8. The Morgan fingerprint density at radius 3 is 2.55 bits per heavy atom. The number of halogens is 2. The van der Waals surface area contributed by atoms with Crippen LogP contribution in [0.3, 0.4) is 0 Å². The van der Waals surface area contributed by atoms with E-state index in [-0.39, 0.29) is 24.4 Å². The monoisotopic (exact) mass is 447 g/mol. The highest BCUT2D eigenvalue weighted by atomic mass is 32.1.